The third-order valence-electron chi connectivity index (χ3n) is 2.56. The Hall–Kier alpha value is -1.43. The predicted octanol–water partition coefficient (Wildman–Crippen LogP) is 2.86. The SMILES string of the molecule is CC(C)(CCO)Nc1ccc(N)cc1C(F)(F)F. The zero-order valence-corrected chi connectivity index (χ0v) is 10.3. The Labute approximate surface area is 104 Å². The summed E-state index contributed by atoms with van der Waals surface area (Å²) in [5.41, 5.74) is 3.98. The number of alkyl halides is 3. The second kappa shape index (κ2) is 5.06. The highest BCUT2D eigenvalue weighted by atomic mass is 19.4. The number of aliphatic hydroxyl groups is 1. The Balaban J connectivity index is 3.09. The molecule has 6 heteroatoms. The molecule has 4 N–H and O–H groups in total. The lowest BCUT2D eigenvalue weighted by Gasteiger charge is -2.28. The van der Waals surface area contributed by atoms with E-state index in [9.17, 15) is 13.2 Å². The van der Waals surface area contributed by atoms with Crippen LogP contribution in [0.25, 0.3) is 0 Å². The number of rotatable bonds is 4. The smallest absolute Gasteiger partial charge is 0.399 e. The van der Waals surface area contributed by atoms with Gasteiger partial charge in [-0.05, 0) is 38.5 Å². The van der Waals surface area contributed by atoms with Crippen LogP contribution in [-0.4, -0.2) is 17.3 Å². The van der Waals surface area contributed by atoms with E-state index in [2.05, 4.69) is 5.32 Å². The summed E-state index contributed by atoms with van der Waals surface area (Å²) < 4.78 is 38.5. The molecule has 18 heavy (non-hydrogen) atoms. The highest BCUT2D eigenvalue weighted by Gasteiger charge is 2.34. The number of hydrogen-bond donors (Lipinski definition) is 3. The molecule has 0 unspecified atom stereocenters. The Bertz CT molecular complexity index is 416. The number of hydrogen-bond acceptors (Lipinski definition) is 3. The van der Waals surface area contributed by atoms with Crippen LogP contribution < -0.4 is 11.1 Å². The fraction of sp³-hybridized carbons (Fsp3) is 0.500. The van der Waals surface area contributed by atoms with E-state index in [4.69, 9.17) is 10.8 Å². The molecule has 0 bridgehead atoms. The largest absolute Gasteiger partial charge is 0.418 e. The normalized spacial score (nSPS) is 12.6. The second-order valence-corrected chi connectivity index (χ2v) is 4.79. The number of halogens is 3. The first kappa shape index (κ1) is 14.6. The van der Waals surface area contributed by atoms with Crippen LogP contribution in [0, 0.1) is 0 Å². The topological polar surface area (TPSA) is 58.3 Å². The molecule has 0 aliphatic carbocycles. The molecule has 0 atom stereocenters. The maximum Gasteiger partial charge on any atom is 0.418 e. The van der Waals surface area contributed by atoms with Gasteiger partial charge >= 0.3 is 6.18 Å². The van der Waals surface area contributed by atoms with Crippen molar-refractivity contribution in [2.24, 2.45) is 0 Å². The lowest BCUT2D eigenvalue weighted by atomic mass is 9.99. The molecule has 0 fully saturated rings. The van der Waals surface area contributed by atoms with Gasteiger partial charge in [-0.1, -0.05) is 0 Å². The van der Waals surface area contributed by atoms with Crippen molar-refractivity contribution in [1.82, 2.24) is 0 Å². The summed E-state index contributed by atoms with van der Waals surface area (Å²) in [5, 5.41) is 11.7. The Morgan fingerprint density at radius 3 is 2.39 bits per heavy atom. The van der Waals surface area contributed by atoms with Crippen LogP contribution in [0.3, 0.4) is 0 Å². The van der Waals surface area contributed by atoms with Crippen molar-refractivity contribution < 1.29 is 18.3 Å². The van der Waals surface area contributed by atoms with E-state index in [0.717, 1.165) is 6.07 Å². The summed E-state index contributed by atoms with van der Waals surface area (Å²) in [5.74, 6) is 0. The molecule has 0 saturated carbocycles. The molecular weight excluding hydrogens is 245 g/mol. The van der Waals surface area contributed by atoms with Gasteiger partial charge in [0.05, 0.1) is 5.56 Å². The van der Waals surface area contributed by atoms with E-state index >= 15 is 0 Å². The van der Waals surface area contributed by atoms with Gasteiger partial charge in [0.1, 0.15) is 0 Å². The Kier molecular flexibility index (Phi) is 4.11. The molecule has 0 aliphatic heterocycles. The molecule has 0 aromatic heterocycles. The van der Waals surface area contributed by atoms with Gasteiger partial charge in [-0.2, -0.15) is 13.2 Å². The quantitative estimate of drug-likeness (QED) is 0.731. The zero-order chi connectivity index (χ0) is 14.0. The molecule has 1 aromatic carbocycles. The lowest BCUT2D eigenvalue weighted by Crippen LogP contribution is -2.33. The van der Waals surface area contributed by atoms with Crippen molar-refractivity contribution in [3.05, 3.63) is 23.8 Å². The Morgan fingerprint density at radius 2 is 1.89 bits per heavy atom. The van der Waals surface area contributed by atoms with Gasteiger partial charge in [-0.15, -0.1) is 0 Å². The number of nitrogen functional groups attached to an aromatic ring is 1. The molecule has 0 heterocycles. The Morgan fingerprint density at radius 1 is 1.28 bits per heavy atom. The van der Waals surface area contributed by atoms with Crippen LogP contribution in [0.15, 0.2) is 18.2 Å². The van der Waals surface area contributed by atoms with Crippen LogP contribution in [0.2, 0.25) is 0 Å². The van der Waals surface area contributed by atoms with Crippen LogP contribution in [0.4, 0.5) is 24.5 Å². The molecular formula is C12H17F3N2O. The average molecular weight is 262 g/mol. The lowest BCUT2D eigenvalue weighted by molar-refractivity contribution is -0.136. The van der Waals surface area contributed by atoms with Gasteiger partial charge in [0.25, 0.3) is 0 Å². The molecule has 0 saturated heterocycles. The highest BCUT2D eigenvalue weighted by Crippen LogP contribution is 2.37. The van der Waals surface area contributed by atoms with Crippen molar-refractivity contribution in [3.63, 3.8) is 0 Å². The minimum Gasteiger partial charge on any atom is -0.399 e. The standard InChI is InChI=1S/C12H17F3N2O/c1-11(2,5-6-18)17-10-4-3-8(16)7-9(10)12(13,14)15/h3-4,7,17-18H,5-6,16H2,1-2H3. The number of nitrogens with one attached hydrogen (secondary N) is 1. The fourth-order valence-electron chi connectivity index (χ4n) is 1.61. The summed E-state index contributed by atoms with van der Waals surface area (Å²) in [7, 11) is 0. The molecule has 1 rings (SSSR count). The number of benzene rings is 1. The maximum absolute atomic E-state index is 12.8. The third kappa shape index (κ3) is 3.80. The summed E-state index contributed by atoms with van der Waals surface area (Å²) in [6, 6.07) is 3.61. The van der Waals surface area contributed by atoms with E-state index in [1.54, 1.807) is 13.8 Å². The van der Waals surface area contributed by atoms with Crippen LogP contribution >= 0.6 is 0 Å². The first-order valence-electron chi connectivity index (χ1n) is 5.51. The number of aliphatic hydroxyl groups excluding tert-OH is 1. The third-order valence-corrected chi connectivity index (χ3v) is 2.56. The zero-order valence-electron chi connectivity index (χ0n) is 10.3. The molecule has 1 aromatic rings. The monoisotopic (exact) mass is 262 g/mol. The summed E-state index contributed by atoms with van der Waals surface area (Å²) >= 11 is 0. The molecule has 0 aliphatic rings. The minimum atomic E-state index is -4.47. The van der Waals surface area contributed by atoms with E-state index < -0.39 is 17.3 Å². The van der Waals surface area contributed by atoms with Crippen LogP contribution in [-0.2, 0) is 6.18 Å². The van der Waals surface area contributed by atoms with Gasteiger partial charge in [-0.25, -0.2) is 0 Å². The molecule has 0 amide bonds. The predicted molar refractivity (Wildman–Crippen MR) is 65.3 cm³/mol. The molecule has 0 radical (unpaired) electrons. The van der Waals surface area contributed by atoms with Crippen molar-refractivity contribution in [2.45, 2.75) is 32.0 Å². The van der Waals surface area contributed by atoms with Crippen molar-refractivity contribution in [3.8, 4) is 0 Å². The number of anilines is 2. The van der Waals surface area contributed by atoms with Gasteiger partial charge in [0, 0.05) is 23.5 Å². The van der Waals surface area contributed by atoms with Crippen molar-refractivity contribution in [2.75, 3.05) is 17.7 Å². The van der Waals surface area contributed by atoms with E-state index in [1.807, 2.05) is 0 Å². The van der Waals surface area contributed by atoms with Gasteiger partial charge < -0.3 is 16.2 Å². The van der Waals surface area contributed by atoms with Crippen molar-refractivity contribution in [1.29, 1.82) is 0 Å². The minimum absolute atomic E-state index is 0.0323. The summed E-state index contributed by atoms with van der Waals surface area (Å²) in [4.78, 5) is 0. The molecule has 102 valence electrons. The van der Waals surface area contributed by atoms with Crippen molar-refractivity contribution >= 4 is 11.4 Å². The van der Waals surface area contributed by atoms with E-state index in [0.29, 0.717) is 6.42 Å². The first-order valence-corrected chi connectivity index (χ1v) is 5.51. The fourth-order valence-corrected chi connectivity index (χ4v) is 1.61. The average Bonchev–Trinajstić information content (AvgIpc) is 2.18. The maximum atomic E-state index is 12.8. The van der Waals surface area contributed by atoms with E-state index in [-0.39, 0.29) is 18.0 Å². The van der Waals surface area contributed by atoms with E-state index in [1.165, 1.54) is 12.1 Å². The van der Waals surface area contributed by atoms with Gasteiger partial charge in [0.2, 0.25) is 0 Å². The number of nitrogens with two attached hydrogens (primary N) is 1. The van der Waals surface area contributed by atoms with Crippen LogP contribution in [0.5, 0.6) is 0 Å². The van der Waals surface area contributed by atoms with Crippen LogP contribution in [0.1, 0.15) is 25.8 Å². The first-order chi connectivity index (χ1) is 8.15. The van der Waals surface area contributed by atoms with Gasteiger partial charge in [0.15, 0.2) is 0 Å². The second-order valence-electron chi connectivity index (χ2n) is 4.79. The summed E-state index contributed by atoms with van der Waals surface area (Å²) in [6.07, 6.45) is -4.12. The summed E-state index contributed by atoms with van der Waals surface area (Å²) in [6.45, 7) is 3.34. The van der Waals surface area contributed by atoms with Gasteiger partial charge in [-0.3, -0.25) is 0 Å². The molecule has 3 nitrogen and oxygen atoms in total. The molecule has 0 spiro atoms. The highest BCUT2D eigenvalue weighted by molar-refractivity contribution is 5.60.